The summed E-state index contributed by atoms with van der Waals surface area (Å²) in [5.41, 5.74) is 4.01. The van der Waals surface area contributed by atoms with Gasteiger partial charge in [0.2, 0.25) is 11.7 Å². The van der Waals surface area contributed by atoms with Crippen molar-refractivity contribution < 1.29 is 4.79 Å². The summed E-state index contributed by atoms with van der Waals surface area (Å²) in [4.78, 5) is 15.1. The van der Waals surface area contributed by atoms with Crippen LogP contribution in [0.15, 0.2) is 36.7 Å². The fourth-order valence-corrected chi connectivity index (χ4v) is 1.75. The summed E-state index contributed by atoms with van der Waals surface area (Å²) in [5, 5.41) is 8.87. The number of carbonyl (C=O) groups is 1. The minimum Gasteiger partial charge on any atom is -0.318 e. The summed E-state index contributed by atoms with van der Waals surface area (Å²) in [5.74, 6) is 5.19. The van der Waals surface area contributed by atoms with E-state index in [2.05, 4.69) is 10.4 Å². The highest BCUT2D eigenvalue weighted by Crippen LogP contribution is 2.08. The predicted octanol–water partition coefficient (Wildman–Crippen LogP) is 0.335. The number of hydrazine groups is 1. The number of amides is 1. The molecule has 2 rings (SSSR count). The van der Waals surface area contributed by atoms with Crippen molar-refractivity contribution in [1.29, 1.82) is 5.26 Å². The van der Waals surface area contributed by atoms with Gasteiger partial charge in [-0.05, 0) is 11.1 Å². The summed E-state index contributed by atoms with van der Waals surface area (Å²) < 4.78 is 1.77. The van der Waals surface area contributed by atoms with Gasteiger partial charge in [0.05, 0.1) is 6.42 Å². The van der Waals surface area contributed by atoms with Crippen LogP contribution in [-0.4, -0.2) is 15.5 Å². The summed E-state index contributed by atoms with van der Waals surface area (Å²) in [7, 11) is 0. The zero-order chi connectivity index (χ0) is 13.7. The molecule has 1 heterocycles. The third kappa shape index (κ3) is 3.18. The van der Waals surface area contributed by atoms with Gasteiger partial charge in [-0.15, -0.1) is 0 Å². The molecule has 1 aromatic carbocycles. The molecule has 2 aromatic rings. The van der Waals surface area contributed by atoms with E-state index in [9.17, 15) is 4.79 Å². The van der Waals surface area contributed by atoms with Gasteiger partial charge in [-0.25, -0.2) is 10.8 Å². The number of rotatable bonds is 4. The maximum atomic E-state index is 11.1. The molecular weight excluding hydrogens is 242 g/mol. The third-order valence-corrected chi connectivity index (χ3v) is 2.72. The van der Waals surface area contributed by atoms with Gasteiger partial charge in [0.15, 0.2) is 0 Å². The Labute approximate surface area is 110 Å². The van der Waals surface area contributed by atoms with Gasteiger partial charge in [0, 0.05) is 18.9 Å². The van der Waals surface area contributed by atoms with E-state index in [1.807, 2.05) is 30.3 Å². The number of nitrogens with two attached hydrogens (primary N) is 1. The molecule has 0 bridgehead atoms. The fraction of sp³-hybridized carbons (Fsp3) is 0.154. The highest BCUT2D eigenvalue weighted by molar-refractivity contribution is 5.77. The molecule has 1 aromatic heterocycles. The SMILES string of the molecule is N#Cc1nccn1Cc1ccc(CC(=O)NN)cc1. The molecule has 0 atom stereocenters. The van der Waals surface area contributed by atoms with E-state index in [1.165, 1.54) is 0 Å². The first kappa shape index (κ1) is 12.8. The lowest BCUT2D eigenvalue weighted by molar-refractivity contribution is -0.120. The number of hydrogen-bond donors (Lipinski definition) is 2. The van der Waals surface area contributed by atoms with Crippen LogP contribution in [0.25, 0.3) is 0 Å². The molecule has 6 heteroatoms. The van der Waals surface area contributed by atoms with Crippen molar-refractivity contribution >= 4 is 5.91 Å². The minimum atomic E-state index is -0.228. The van der Waals surface area contributed by atoms with Gasteiger partial charge in [-0.3, -0.25) is 10.2 Å². The highest BCUT2D eigenvalue weighted by atomic mass is 16.2. The standard InChI is InChI=1S/C13H13N5O/c14-8-12-16-5-6-18(12)9-11-3-1-10(2-4-11)7-13(19)17-15/h1-6H,7,9,15H2,(H,17,19). The molecule has 0 saturated carbocycles. The first-order chi connectivity index (χ1) is 9.22. The van der Waals surface area contributed by atoms with E-state index in [4.69, 9.17) is 11.1 Å². The topological polar surface area (TPSA) is 96.7 Å². The van der Waals surface area contributed by atoms with Crippen LogP contribution in [0.2, 0.25) is 0 Å². The van der Waals surface area contributed by atoms with Crippen LogP contribution in [0.1, 0.15) is 17.0 Å². The largest absolute Gasteiger partial charge is 0.318 e. The Balaban J connectivity index is 2.07. The van der Waals surface area contributed by atoms with Crippen molar-refractivity contribution in [3.8, 4) is 6.07 Å². The number of imidazole rings is 1. The van der Waals surface area contributed by atoms with E-state index in [0.717, 1.165) is 11.1 Å². The maximum Gasteiger partial charge on any atom is 0.238 e. The first-order valence-corrected chi connectivity index (χ1v) is 5.71. The molecule has 0 spiro atoms. The predicted molar refractivity (Wildman–Crippen MR) is 68.5 cm³/mol. The molecule has 96 valence electrons. The Hall–Kier alpha value is -2.65. The molecule has 1 amide bonds. The molecular formula is C13H13N5O. The molecule has 0 unspecified atom stereocenters. The Kier molecular flexibility index (Phi) is 3.90. The average molecular weight is 255 g/mol. The van der Waals surface area contributed by atoms with Gasteiger partial charge in [0.1, 0.15) is 6.07 Å². The summed E-state index contributed by atoms with van der Waals surface area (Å²) in [6, 6.07) is 9.60. The molecule has 0 aliphatic carbocycles. The summed E-state index contributed by atoms with van der Waals surface area (Å²) in [6.45, 7) is 0.576. The molecule has 3 N–H and O–H groups in total. The van der Waals surface area contributed by atoms with Crippen LogP contribution in [-0.2, 0) is 17.8 Å². The number of nitriles is 1. The number of hydrogen-bond acceptors (Lipinski definition) is 4. The van der Waals surface area contributed by atoms with Gasteiger partial charge in [-0.2, -0.15) is 5.26 Å². The number of nitrogens with one attached hydrogen (secondary N) is 1. The second-order valence-corrected chi connectivity index (χ2v) is 4.05. The van der Waals surface area contributed by atoms with Gasteiger partial charge >= 0.3 is 0 Å². The van der Waals surface area contributed by atoms with Crippen LogP contribution in [0, 0.1) is 11.3 Å². The van der Waals surface area contributed by atoms with Gasteiger partial charge in [-0.1, -0.05) is 24.3 Å². The molecule has 0 aliphatic heterocycles. The van der Waals surface area contributed by atoms with Crippen LogP contribution >= 0.6 is 0 Å². The summed E-state index contributed by atoms with van der Waals surface area (Å²) >= 11 is 0. The average Bonchev–Trinajstić information content (AvgIpc) is 2.88. The lowest BCUT2D eigenvalue weighted by atomic mass is 10.1. The van der Waals surface area contributed by atoms with Gasteiger partial charge < -0.3 is 4.57 Å². The van der Waals surface area contributed by atoms with Crippen LogP contribution in [0.4, 0.5) is 0 Å². The van der Waals surface area contributed by atoms with Crippen molar-refractivity contribution in [3.63, 3.8) is 0 Å². The zero-order valence-corrected chi connectivity index (χ0v) is 10.2. The molecule has 0 fully saturated rings. The van der Waals surface area contributed by atoms with Crippen molar-refractivity contribution in [2.75, 3.05) is 0 Å². The molecule has 0 aliphatic rings. The molecule has 0 radical (unpaired) electrons. The Bertz CT molecular complexity index is 609. The third-order valence-electron chi connectivity index (χ3n) is 2.72. The molecule has 0 saturated heterocycles. The van der Waals surface area contributed by atoms with Crippen molar-refractivity contribution in [2.24, 2.45) is 5.84 Å². The molecule has 6 nitrogen and oxygen atoms in total. The number of carbonyl (C=O) groups excluding carboxylic acids is 1. The second-order valence-electron chi connectivity index (χ2n) is 4.05. The fourth-order valence-electron chi connectivity index (χ4n) is 1.75. The van der Waals surface area contributed by atoms with E-state index in [1.54, 1.807) is 17.0 Å². The number of aromatic nitrogens is 2. The van der Waals surface area contributed by atoms with E-state index >= 15 is 0 Å². The van der Waals surface area contributed by atoms with Gasteiger partial charge in [0.25, 0.3) is 0 Å². The Morgan fingerprint density at radius 1 is 1.37 bits per heavy atom. The van der Waals surface area contributed by atoms with E-state index < -0.39 is 0 Å². The lowest BCUT2D eigenvalue weighted by Gasteiger charge is -2.05. The zero-order valence-electron chi connectivity index (χ0n) is 10.2. The summed E-state index contributed by atoms with van der Waals surface area (Å²) in [6.07, 6.45) is 3.61. The monoisotopic (exact) mass is 255 g/mol. The Morgan fingerprint density at radius 3 is 2.68 bits per heavy atom. The second kappa shape index (κ2) is 5.80. The quantitative estimate of drug-likeness (QED) is 0.467. The lowest BCUT2D eigenvalue weighted by Crippen LogP contribution is -2.31. The van der Waals surface area contributed by atoms with Crippen LogP contribution in [0.3, 0.4) is 0 Å². The maximum absolute atomic E-state index is 11.1. The minimum absolute atomic E-state index is 0.228. The van der Waals surface area contributed by atoms with Crippen LogP contribution in [0.5, 0.6) is 0 Å². The van der Waals surface area contributed by atoms with Crippen LogP contribution < -0.4 is 11.3 Å². The smallest absolute Gasteiger partial charge is 0.238 e. The van der Waals surface area contributed by atoms with Crippen molar-refractivity contribution in [3.05, 3.63) is 53.6 Å². The van der Waals surface area contributed by atoms with Crippen molar-refractivity contribution in [1.82, 2.24) is 15.0 Å². The first-order valence-electron chi connectivity index (χ1n) is 5.71. The molecule has 19 heavy (non-hydrogen) atoms. The van der Waals surface area contributed by atoms with Crippen molar-refractivity contribution in [2.45, 2.75) is 13.0 Å². The highest BCUT2D eigenvalue weighted by Gasteiger charge is 2.04. The number of nitrogens with zero attached hydrogens (tertiary/aromatic N) is 3. The van der Waals surface area contributed by atoms with E-state index in [0.29, 0.717) is 12.4 Å². The normalized spacial score (nSPS) is 9.89. The number of benzene rings is 1. The Morgan fingerprint density at radius 2 is 2.05 bits per heavy atom. The van der Waals surface area contributed by atoms with E-state index in [-0.39, 0.29) is 12.3 Å².